The quantitative estimate of drug-likeness (QED) is 0.732. The number of hydrogen-bond donors (Lipinski definition) is 1. The Morgan fingerprint density at radius 1 is 1.05 bits per heavy atom. The molecule has 0 aliphatic carbocycles. The van der Waals surface area contributed by atoms with Crippen molar-refractivity contribution in [1.29, 1.82) is 0 Å². The summed E-state index contributed by atoms with van der Waals surface area (Å²) in [5.74, 6) is -0.278. The Balaban J connectivity index is 1.88. The molecule has 0 saturated carbocycles. The molecule has 3 aromatic rings. The summed E-state index contributed by atoms with van der Waals surface area (Å²) >= 11 is 1.47. The van der Waals surface area contributed by atoms with Crippen LogP contribution in [0.4, 0.5) is 15.2 Å². The lowest BCUT2D eigenvalue weighted by Crippen LogP contribution is -1.92. The standard InChI is InChI=1S/C16H13FN2S/c1-11-6-2-3-7-12(11)15-10-20-16(19-15)18-14-9-5-4-8-13(14)17/h2-10H,1H3,(H,18,19). The number of nitrogens with zero attached hydrogens (tertiary/aromatic N) is 1. The highest BCUT2D eigenvalue weighted by Crippen LogP contribution is 2.29. The Bertz CT molecular complexity index is 737. The van der Waals surface area contributed by atoms with Gasteiger partial charge in [0.15, 0.2) is 5.13 Å². The van der Waals surface area contributed by atoms with Gasteiger partial charge in [-0.2, -0.15) is 0 Å². The number of benzene rings is 2. The van der Waals surface area contributed by atoms with Crippen molar-refractivity contribution in [3.63, 3.8) is 0 Å². The van der Waals surface area contributed by atoms with Crippen molar-refractivity contribution in [2.24, 2.45) is 0 Å². The van der Waals surface area contributed by atoms with Crippen LogP contribution in [0.2, 0.25) is 0 Å². The van der Waals surface area contributed by atoms with E-state index in [1.807, 2.05) is 23.6 Å². The maximum absolute atomic E-state index is 13.6. The van der Waals surface area contributed by atoms with Gasteiger partial charge in [0.2, 0.25) is 0 Å². The third kappa shape index (κ3) is 2.56. The molecule has 0 atom stereocenters. The molecule has 2 nitrogen and oxygen atoms in total. The number of para-hydroxylation sites is 1. The molecule has 0 aliphatic heterocycles. The molecular formula is C16H13FN2S. The van der Waals surface area contributed by atoms with E-state index in [9.17, 15) is 4.39 Å². The minimum absolute atomic E-state index is 0.278. The summed E-state index contributed by atoms with van der Waals surface area (Å²) in [4.78, 5) is 4.52. The predicted molar refractivity (Wildman–Crippen MR) is 82.0 cm³/mol. The highest BCUT2D eigenvalue weighted by Gasteiger charge is 2.08. The smallest absolute Gasteiger partial charge is 0.187 e. The van der Waals surface area contributed by atoms with Gasteiger partial charge in [-0.1, -0.05) is 36.4 Å². The molecule has 0 amide bonds. The van der Waals surface area contributed by atoms with E-state index in [-0.39, 0.29) is 5.82 Å². The summed E-state index contributed by atoms with van der Waals surface area (Å²) in [5, 5.41) is 5.68. The van der Waals surface area contributed by atoms with E-state index >= 15 is 0 Å². The maximum atomic E-state index is 13.6. The fraction of sp³-hybridized carbons (Fsp3) is 0.0625. The van der Waals surface area contributed by atoms with Crippen molar-refractivity contribution >= 4 is 22.2 Å². The summed E-state index contributed by atoms with van der Waals surface area (Å²) in [6.45, 7) is 2.05. The minimum Gasteiger partial charge on any atom is -0.329 e. The number of aryl methyl sites for hydroxylation is 1. The average Bonchev–Trinajstić information content (AvgIpc) is 2.90. The van der Waals surface area contributed by atoms with Crippen molar-refractivity contribution in [3.8, 4) is 11.3 Å². The molecule has 0 unspecified atom stereocenters. The zero-order valence-corrected chi connectivity index (χ0v) is 11.7. The summed E-state index contributed by atoms with van der Waals surface area (Å²) in [6, 6.07) is 14.7. The van der Waals surface area contributed by atoms with Crippen LogP contribution in [0.15, 0.2) is 53.9 Å². The Hall–Kier alpha value is -2.20. The third-order valence-electron chi connectivity index (χ3n) is 3.04. The van der Waals surface area contributed by atoms with Crippen LogP contribution in [-0.4, -0.2) is 4.98 Å². The number of hydrogen-bond acceptors (Lipinski definition) is 3. The molecule has 1 aromatic heterocycles. The largest absolute Gasteiger partial charge is 0.329 e. The van der Waals surface area contributed by atoms with Crippen LogP contribution in [0, 0.1) is 12.7 Å². The Labute approximate surface area is 120 Å². The summed E-state index contributed by atoms with van der Waals surface area (Å²) in [6.07, 6.45) is 0. The van der Waals surface area contributed by atoms with Crippen LogP contribution in [0.1, 0.15) is 5.56 Å². The number of rotatable bonds is 3. The van der Waals surface area contributed by atoms with Crippen molar-refractivity contribution in [2.75, 3.05) is 5.32 Å². The van der Waals surface area contributed by atoms with E-state index in [1.54, 1.807) is 18.2 Å². The van der Waals surface area contributed by atoms with Crippen LogP contribution in [0.5, 0.6) is 0 Å². The summed E-state index contributed by atoms with van der Waals surface area (Å²) in [7, 11) is 0. The van der Waals surface area contributed by atoms with Gasteiger partial charge in [0, 0.05) is 10.9 Å². The van der Waals surface area contributed by atoms with Gasteiger partial charge in [-0.3, -0.25) is 0 Å². The van der Waals surface area contributed by atoms with E-state index in [2.05, 4.69) is 23.3 Å². The molecule has 0 bridgehead atoms. The molecule has 0 fully saturated rings. The van der Waals surface area contributed by atoms with Gasteiger partial charge in [0.05, 0.1) is 11.4 Å². The lowest BCUT2D eigenvalue weighted by Gasteiger charge is -2.03. The number of nitrogens with one attached hydrogen (secondary N) is 1. The number of halogens is 1. The van der Waals surface area contributed by atoms with Crippen LogP contribution in [0.3, 0.4) is 0 Å². The normalized spacial score (nSPS) is 10.5. The van der Waals surface area contributed by atoms with Crippen molar-refractivity contribution in [2.45, 2.75) is 6.92 Å². The molecule has 0 radical (unpaired) electrons. The summed E-state index contributed by atoms with van der Waals surface area (Å²) in [5.41, 5.74) is 3.63. The van der Waals surface area contributed by atoms with Gasteiger partial charge in [-0.25, -0.2) is 9.37 Å². The van der Waals surface area contributed by atoms with E-state index in [0.29, 0.717) is 10.8 Å². The predicted octanol–water partition coefficient (Wildman–Crippen LogP) is 5.00. The lowest BCUT2D eigenvalue weighted by atomic mass is 10.1. The van der Waals surface area contributed by atoms with Crippen LogP contribution < -0.4 is 5.32 Å². The zero-order valence-electron chi connectivity index (χ0n) is 10.9. The number of thiazole rings is 1. The fourth-order valence-electron chi connectivity index (χ4n) is 1.99. The first-order chi connectivity index (χ1) is 9.74. The van der Waals surface area contributed by atoms with E-state index in [4.69, 9.17) is 0 Å². The lowest BCUT2D eigenvalue weighted by molar-refractivity contribution is 0.632. The molecule has 1 heterocycles. The molecule has 20 heavy (non-hydrogen) atoms. The van der Waals surface area contributed by atoms with E-state index < -0.39 is 0 Å². The summed E-state index contributed by atoms with van der Waals surface area (Å²) < 4.78 is 13.6. The molecule has 2 aromatic carbocycles. The van der Waals surface area contributed by atoms with E-state index in [0.717, 1.165) is 11.3 Å². The van der Waals surface area contributed by atoms with Crippen LogP contribution in [-0.2, 0) is 0 Å². The zero-order chi connectivity index (χ0) is 13.9. The highest BCUT2D eigenvalue weighted by molar-refractivity contribution is 7.14. The SMILES string of the molecule is Cc1ccccc1-c1csc(Nc2ccccc2F)n1. The van der Waals surface area contributed by atoms with Crippen LogP contribution in [0.25, 0.3) is 11.3 Å². The molecule has 0 saturated heterocycles. The Kier molecular flexibility index (Phi) is 3.48. The minimum atomic E-state index is -0.278. The Morgan fingerprint density at radius 2 is 1.80 bits per heavy atom. The first kappa shape index (κ1) is 12.8. The first-order valence-corrected chi connectivity index (χ1v) is 7.15. The first-order valence-electron chi connectivity index (χ1n) is 6.27. The van der Waals surface area contributed by atoms with Gasteiger partial charge in [0.25, 0.3) is 0 Å². The second-order valence-electron chi connectivity index (χ2n) is 4.46. The monoisotopic (exact) mass is 284 g/mol. The molecule has 3 rings (SSSR count). The van der Waals surface area contributed by atoms with Gasteiger partial charge >= 0.3 is 0 Å². The fourth-order valence-corrected chi connectivity index (χ4v) is 2.72. The molecule has 1 N–H and O–H groups in total. The number of anilines is 2. The third-order valence-corrected chi connectivity index (χ3v) is 3.80. The number of aromatic nitrogens is 1. The molecule has 100 valence electrons. The van der Waals surface area contributed by atoms with Gasteiger partial charge in [-0.15, -0.1) is 11.3 Å². The Morgan fingerprint density at radius 3 is 2.60 bits per heavy atom. The maximum Gasteiger partial charge on any atom is 0.187 e. The van der Waals surface area contributed by atoms with Crippen molar-refractivity contribution in [1.82, 2.24) is 4.98 Å². The second-order valence-corrected chi connectivity index (χ2v) is 5.32. The average molecular weight is 284 g/mol. The van der Waals surface area contributed by atoms with Crippen LogP contribution >= 0.6 is 11.3 Å². The van der Waals surface area contributed by atoms with Crippen molar-refractivity contribution in [3.05, 3.63) is 65.3 Å². The highest BCUT2D eigenvalue weighted by atomic mass is 32.1. The molecule has 0 aliphatic rings. The topological polar surface area (TPSA) is 24.9 Å². The second kappa shape index (κ2) is 5.43. The van der Waals surface area contributed by atoms with Crippen molar-refractivity contribution < 1.29 is 4.39 Å². The molecule has 0 spiro atoms. The van der Waals surface area contributed by atoms with E-state index in [1.165, 1.54) is 23.0 Å². The van der Waals surface area contributed by atoms with Gasteiger partial charge in [-0.05, 0) is 24.6 Å². The molecular weight excluding hydrogens is 271 g/mol. The van der Waals surface area contributed by atoms with Gasteiger partial charge in [0.1, 0.15) is 5.82 Å². The van der Waals surface area contributed by atoms with Gasteiger partial charge < -0.3 is 5.32 Å². The molecule has 4 heteroatoms.